The molecule has 3 rings (SSSR count). The monoisotopic (exact) mass is 404 g/mol. The molecule has 0 fully saturated rings. The lowest BCUT2D eigenvalue weighted by molar-refractivity contribution is 0.0861. The number of amides is 1. The molecule has 1 aromatic carbocycles. The minimum absolute atomic E-state index is 0.0464. The highest BCUT2D eigenvalue weighted by atomic mass is 127. The van der Waals surface area contributed by atoms with Crippen LogP contribution in [0.4, 0.5) is 0 Å². The van der Waals surface area contributed by atoms with Gasteiger partial charge in [-0.2, -0.15) is 5.10 Å². The lowest BCUT2D eigenvalue weighted by atomic mass is 10.2. The summed E-state index contributed by atoms with van der Waals surface area (Å²) in [4.78, 5) is 16.3. The maximum atomic E-state index is 12.4. The summed E-state index contributed by atoms with van der Waals surface area (Å²) in [5.74, 6) is -0.119. The number of fused-ring (bicyclic) bond motifs is 1. The summed E-state index contributed by atoms with van der Waals surface area (Å²) >= 11 is 2.04. The highest BCUT2D eigenvalue weighted by molar-refractivity contribution is 14.1. The van der Waals surface area contributed by atoms with Crippen LogP contribution in [-0.4, -0.2) is 33.4 Å². The SMILES string of the molecule is Cn1ncnc1CN1C(=O)c2cc(I)ccc2S1(=O)=O. The van der Waals surface area contributed by atoms with Crippen molar-refractivity contribution in [1.82, 2.24) is 19.1 Å². The summed E-state index contributed by atoms with van der Waals surface area (Å²) in [6.07, 6.45) is 1.32. The highest BCUT2D eigenvalue weighted by Crippen LogP contribution is 2.32. The maximum absolute atomic E-state index is 12.4. The van der Waals surface area contributed by atoms with Crippen molar-refractivity contribution in [2.75, 3.05) is 0 Å². The zero-order valence-corrected chi connectivity index (χ0v) is 13.3. The molecule has 1 amide bonds. The molecular formula is C11H9IN4O3S. The van der Waals surface area contributed by atoms with Gasteiger partial charge in [-0.3, -0.25) is 9.48 Å². The van der Waals surface area contributed by atoms with Crippen LogP contribution in [0.2, 0.25) is 0 Å². The van der Waals surface area contributed by atoms with Gasteiger partial charge in [-0.15, -0.1) is 0 Å². The van der Waals surface area contributed by atoms with Crippen LogP contribution < -0.4 is 0 Å². The molecule has 0 unspecified atom stereocenters. The Kier molecular flexibility index (Phi) is 3.05. The third-order valence-corrected chi connectivity index (χ3v) is 5.51. The topological polar surface area (TPSA) is 85.2 Å². The van der Waals surface area contributed by atoms with E-state index in [2.05, 4.69) is 10.1 Å². The maximum Gasteiger partial charge on any atom is 0.269 e. The average molecular weight is 404 g/mol. The van der Waals surface area contributed by atoms with Gasteiger partial charge in [0.2, 0.25) is 0 Å². The Labute approximate surface area is 128 Å². The molecule has 0 radical (unpaired) electrons. The van der Waals surface area contributed by atoms with Crippen LogP contribution in [0.1, 0.15) is 16.2 Å². The zero-order chi connectivity index (χ0) is 14.5. The number of aryl methyl sites for hydroxylation is 1. The average Bonchev–Trinajstić information content (AvgIpc) is 2.86. The van der Waals surface area contributed by atoms with Crippen molar-refractivity contribution in [1.29, 1.82) is 0 Å². The first-order chi connectivity index (χ1) is 9.41. The van der Waals surface area contributed by atoms with Crippen molar-refractivity contribution >= 4 is 38.5 Å². The van der Waals surface area contributed by atoms with Gasteiger partial charge in [0.1, 0.15) is 17.0 Å². The number of sulfonamides is 1. The van der Waals surface area contributed by atoms with Gasteiger partial charge in [-0.05, 0) is 40.8 Å². The minimum atomic E-state index is -3.81. The molecule has 0 N–H and O–H groups in total. The van der Waals surface area contributed by atoms with Gasteiger partial charge in [-0.1, -0.05) is 0 Å². The first-order valence-corrected chi connectivity index (χ1v) is 8.12. The van der Waals surface area contributed by atoms with Crippen molar-refractivity contribution < 1.29 is 13.2 Å². The van der Waals surface area contributed by atoms with E-state index in [9.17, 15) is 13.2 Å². The van der Waals surface area contributed by atoms with E-state index in [1.54, 1.807) is 19.2 Å². The lowest BCUT2D eigenvalue weighted by Crippen LogP contribution is -2.30. The number of halogens is 1. The lowest BCUT2D eigenvalue weighted by Gasteiger charge is -2.13. The Morgan fingerprint density at radius 3 is 2.75 bits per heavy atom. The van der Waals surface area contributed by atoms with Crippen LogP contribution >= 0.6 is 22.6 Å². The quantitative estimate of drug-likeness (QED) is 0.691. The van der Waals surface area contributed by atoms with Gasteiger partial charge in [0.15, 0.2) is 0 Å². The molecule has 0 bridgehead atoms. The van der Waals surface area contributed by atoms with E-state index in [1.165, 1.54) is 17.1 Å². The van der Waals surface area contributed by atoms with Gasteiger partial charge in [0, 0.05) is 10.6 Å². The molecule has 9 heteroatoms. The van der Waals surface area contributed by atoms with Crippen molar-refractivity contribution in [2.24, 2.45) is 7.05 Å². The fraction of sp³-hybridized carbons (Fsp3) is 0.182. The molecule has 20 heavy (non-hydrogen) atoms. The first-order valence-electron chi connectivity index (χ1n) is 5.61. The Bertz CT molecular complexity index is 815. The van der Waals surface area contributed by atoms with Crippen molar-refractivity contribution in [3.8, 4) is 0 Å². The van der Waals surface area contributed by atoms with Crippen LogP contribution in [0.15, 0.2) is 29.4 Å². The Morgan fingerprint density at radius 1 is 1.35 bits per heavy atom. The summed E-state index contributed by atoms with van der Waals surface area (Å²) < 4.78 is 27.9. The second kappa shape index (κ2) is 4.52. The Morgan fingerprint density at radius 2 is 2.10 bits per heavy atom. The van der Waals surface area contributed by atoms with E-state index < -0.39 is 15.9 Å². The summed E-state index contributed by atoms with van der Waals surface area (Å²) in [6, 6.07) is 4.70. The van der Waals surface area contributed by atoms with E-state index in [-0.39, 0.29) is 17.0 Å². The minimum Gasteiger partial charge on any atom is -0.268 e. The standard InChI is InChI=1S/C11H9IN4O3S/c1-15-10(13-6-14-15)5-16-11(17)8-4-7(12)2-3-9(8)20(16,18)19/h2-4,6H,5H2,1H3. The third kappa shape index (κ3) is 1.92. The number of carbonyl (C=O) groups excluding carboxylic acids is 1. The number of nitrogens with zero attached hydrogens (tertiary/aromatic N) is 4. The summed E-state index contributed by atoms with van der Waals surface area (Å²) in [5.41, 5.74) is 0.207. The fourth-order valence-electron chi connectivity index (χ4n) is 2.01. The van der Waals surface area contributed by atoms with E-state index >= 15 is 0 Å². The molecule has 0 saturated carbocycles. The molecule has 1 aliphatic rings. The molecular weight excluding hydrogens is 395 g/mol. The number of benzene rings is 1. The normalized spacial score (nSPS) is 16.5. The second-order valence-corrected chi connectivity index (χ2v) is 7.33. The van der Waals surface area contributed by atoms with E-state index in [0.717, 1.165) is 7.88 Å². The van der Waals surface area contributed by atoms with Gasteiger partial charge in [-0.25, -0.2) is 17.7 Å². The predicted octanol–water partition coefficient (Wildman–Crippen LogP) is 0.764. The number of hydrogen-bond donors (Lipinski definition) is 0. The van der Waals surface area contributed by atoms with Gasteiger partial charge < -0.3 is 0 Å². The highest BCUT2D eigenvalue weighted by Gasteiger charge is 2.41. The summed E-state index contributed by atoms with van der Waals surface area (Å²) in [7, 11) is -2.16. The fourth-order valence-corrected chi connectivity index (χ4v) is 4.00. The molecule has 104 valence electrons. The van der Waals surface area contributed by atoms with Crippen molar-refractivity contribution in [2.45, 2.75) is 11.4 Å². The van der Waals surface area contributed by atoms with Crippen LogP contribution in [0, 0.1) is 3.57 Å². The molecule has 0 atom stereocenters. The molecule has 7 nitrogen and oxygen atoms in total. The van der Waals surface area contributed by atoms with Crippen molar-refractivity contribution in [3.05, 3.63) is 39.5 Å². The van der Waals surface area contributed by atoms with Crippen LogP contribution in [0.5, 0.6) is 0 Å². The molecule has 1 aromatic heterocycles. The molecule has 0 saturated heterocycles. The van der Waals surface area contributed by atoms with E-state index in [0.29, 0.717) is 5.82 Å². The van der Waals surface area contributed by atoms with Crippen LogP contribution in [0.3, 0.4) is 0 Å². The predicted molar refractivity (Wildman–Crippen MR) is 77.2 cm³/mol. The summed E-state index contributed by atoms with van der Waals surface area (Å²) in [6.45, 7) is -0.122. The second-order valence-electron chi connectivity index (χ2n) is 4.26. The number of rotatable bonds is 2. The Hall–Kier alpha value is -1.49. The number of carbonyl (C=O) groups is 1. The Balaban J connectivity index is 2.07. The number of hydrogen-bond acceptors (Lipinski definition) is 5. The largest absolute Gasteiger partial charge is 0.269 e. The first kappa shape index (κ1) is 13.5. The zero-order valence-electron chi connectivity index (χ0n) is 10.3. The van der Waals surface area contributed by atoms with E-state index in [4.69, 9.17) is 0 Å². The third-order valence-electron chi connectivity index (χ3n) is 3.06. The molecule has 0 spiro atoms. The number of aromatic nitrogens is 3. The molecule has 0 aliphatic carbocycles. The van der Waals surface area contributed by atoms with Gasteiger partial charge >= 0.3 is 0 Å². The van der Waals surface area contributed by atoms with Crippen molar-refractivity contribution in [3.63, 3.8) is 0 Å². The van der Waals surface area contributed by atoms with Crippen LogP contribution in [-0.2, 0) is 23.6 Å². The summed E-state index contributed by atoms with van der Waals surface area (Å²) in [5, 5.41) is 3.87. The molecule has 1 aliphatic heterocycles. The smallest absolute Gasteiger partial charge is 0.268 e. The van der Waals surface area contributed by atoms with Crippen LogP contribution in [0.25, 0.3) is 0 Å². The van der Waals surface area contributed by atoms with Gasteiger partial charge in [0.05, 0.1) is 12.1 Å². The molecule has 2 heterocycles. The van der Waals surface area contributed by atoms with E-state index in [1.807, 2.05) is 22.6 Å². The van der Waals surface area contributed by atoms with Gasteiger partial charge in [0.25, 0.3) is 15.9 Å². The molecule has 2 aromatic rings.